The third-order valence-corrected chi connectivity index (χ3v) is 3.95. The van der Waals surface area contributed by atoms with E-state index in [1.54, 1.807) is 0 Å². The molecule has 0 fully saturated rings. The lowest BCUT2D eigenvalue weighted by Crippen LogP contribution is -2.21. The number of carbonyl (C=O) groups is 1. The maximum Gasteiger partial charge on any atom is 0.339 e. The Balaban J connectivity index is 2.66. The number of benzene rings is 1. The van der Waals surface area contributed by atoms with Gasteiger partial charge in [0.15, 0.2) is 27.4 Å². The van der Waals surface area contributed by atoms with Crippen LogP contribution >= 0.6 is 0 Å². The van der Waals surface area contributed by atoms with Crippen molar-refractivity contribution in [1.29, 1.82) is 0 Å². The fraction of sp³-hybridized carbons (Fsp3) is 0.417. The zero-order valence-corrected chi connectivity index (χ0v) is 11.8. The van der Waals surface area contributed by atoms with Crippen LogP contribution < -0.4 is 9.47 Å². The number of aliphatic hydroxyl groups is 1. The number of carbonyl (C=O) groups excluding carboxylic acids is 1. The first kappa shape index (κ1) is 14.6. The molecule has 0 saturated carbocycles. The number of methoxy groups -OCH3 is 1. The molecule has 110 valence electrons. The van der Waals surface area contributed by atoms with Gasteiger partial charge < -0.3 is 19.3 Å². The van der Waals surface area contributed by atoms with Crippen molar-refractivity contribution in [1.82, 2.24) is 0 Å². The summed E-state index contributed by atoms with van der Waals surface area (Å²) < 4.78 is 38.9. The van der Waals surface area contributed by atoms with Gasteiger partial charge in [-0.15, -0.1) is 0 Å². The maximum atomic E-state index is 11.9. The molecule has 0 spiro atoms. The van der Waals surface area contributed by atoms with E-state index in [4.69, 9.17) is 9.47 Å². The van der Waals surface area contributed by atoms with Crippen LogP contribution in [0.3, 0.4) is 0 Å². The van der Waals surface area contributed by atoms with Crippen LogP contribution in [0.5, 0.6) is 11.5 Å². The fourth-order valence-electron chi connectivity index (χ4n) is 1.94. The molecule has 20 heavy (non-hydrogen) atoms. The van der Waals surface area contributed by atoms with E-state index in [0.717, 1.165) is 13.4 Å². The van der Waals surface area contributed by atoms with E-state index in [9.17, 15) is 18.3 Å². The normalized spacial score (nSPS) is 15.6. The maximum absolute atomic E-state index is 11.9. The molecular formula is C12H14O7S. The van der Waals surface area contributed by atoms with Crippen molar-refractivity contribution in [3.05, 3.63) is 17.7 Å². The topological polar surface area (TPSA) is 99.1 Å². The van der Waals surface area contributed by atoms with Crippen molar-refractivity contribution in [2.75, 3.05) is 26.6 Å². The van der Waals surface area contributed by atoms with Gasteiger partial charge in [-0.3, -0.25) is 0 Å². The molecule has 1 heterocycles. The Morgan fingerprint density at radius 3 is 2.60 bits per heavy atom. The fourth-order valence-corrected chi connectivity index (χ4v) is 3.05. The summed E-state index contributed by atoms with van der Waals surface area (Å²) in [5, 5.41) is 9.90. The van der Waals surface area contributed by atoms with Crippen LogP contribution in [0, 0.1) is 0 Å². The lowest BCUT2D eigenvalue weighted by Gasteiger charge is -2.23. The Morgan fingerprint density at radius 1 is 1.35 bits per heavy atom. The minimum atomic E-state index is -3.73. The minimum Gasteiger partial charge on any atom is -0.486 e. The van der Waals surface area contributed by atoms with Crippen LogP contribution in [0.4, 0.5) is 0 Å². The summed E-state index contributed by atoms with van der Waals surface area (Å²) in [4.78, 5) is 11.2. The lowest BCUT2D eigenvalue weighted by molar-refractivity contribution is -0.150. The number of sulfone groups is 1. The van der Waals surface area contributed by atoms with Crippen LogP contribution in [0.25, 0.3) is 0 Å². The molecule has 0 saturated heterocycles. The third kappa shape index (κ3) is 2.56. The van der Waals surface area contributed by atoms with Gasteiger partial charge >= 0.3 is 5.97 Å². The molecular weight excluding hydrogens is 288 g/mol. The second kappa shape index (κ2) is 5.29. The first-order valence-electron chi connectivity index (χ1n) is 5.74. The van der Waals surface area contributed by atoms with Crippen LogP contribution in [0.15, 0.2) is 17.0 Å². The molecule has 1 unspecified atom stereocenters. The molecule has 1 N–H and O–H groups in total. The highest BCUT2D eigenvalue weighted by atomic mass is 32.2. The van der Waals surface area contributed by atoms with Crippen molar-refractivity contribution in [3.63, 3.8) is 0 Å². The van der Waals surface area contributed by atoms with Crippen LogP contribution in [0.2, 0.25) is 0 Å². The monoisotopic (exact) mass is 302 g/mol. The van der Waals surface area contributed by atoms with Gasteiger partial charge in [0.2, 0.25) is 0 Å². The summed E-state index contributed by atoms with van der Waals surface area (Å²) in [6.07, 6.45) is -0.741. The predicted molar refractivity (Wildman–Crippen MR) is 67.5 cm³/mol. The van der Waals surface area contributed by atoms with E-state index in [1.807, 2.05) is 0 Å². The van der Waals surface area contributed by atoms with Gasteiger partial charge in [-0.25, -0.2) is 13.2 Å². The predicted octanol–water partition coefficient (Wildman–Crippen LogP) is 0.0677. The van der Waals surface area contributed by atoms with E-state index in [1.165, 1.54) is 12.1 Å². The van der Waals surface area contributed by atoms with Crippen molar-refractivity contribution in [3.8, 4) is 11.5 Å². The number of esters is 1. The molecule has 1 aromatic rings. The van der Waals surface area contributed by atoms with Crippen LogP contribution in [-0.2, 0) is 19.4 Å². The molecule has 2 rings (SSSR count). The summed E-state index contributed by atoms with van der Waals surface area (Å²) in [6.45, 7) is 0.488. The molecule has 1 atom stereocenters. The third-order valence-electron chi connectivity index (χ3n) is 2.78. The van der Waals surface area contributed by atoms with Crippen LogP contribution in [-0.4, -0.2) is 46.1 Å². The highest BCUT2D eigenvalue weighted by molar-refractivity contribution is 7.90. The zero-order chi connectivity index (χ0) is 14.9. The van der Waals surface area contributed by atoms with E-state index in [-0.39, 0.29) is 28.6 Å². The van der Waals surface area contributed by atoms with Gasteiger partial charge in [-0.2, -0.15) is 0 Å². The van der Waals surface area contributed by atoms with Gasteiger partial charge in [-0.05, 0) is 6.07 Å². The smallest absolute Gasteiger partial charge is 0.339 e. The summed E-state index contributed by atoms with van der Waals surface area (Å²) in [7, 11) is -2.63. The Bertz CT molecular complexity index is 635. The Labute approximate surface area is 116 Å². The van der Waals surface area contributed by atoms with E-state index in [2.05, 4.69) is 4.74 Å². The summed E-state index contributed by atoms with van der Waals surface area (Å²) in [5.41, 5.74) is -0.0939. The van der Waals surface area contributed by atoms with Gasteiger partial charge in [0.25, 0.3) is 0 Å². The second-order valence-electron chi connectivity index (χ2n) is 4.21. The standard InChI is InChI=1S/C12H14O7S/c1-17-12(14)9(13)7-3-4-8-10(19-6-5-18-8)11(7)20(2,15)16/h3-4,9,13H,5-6H2,1-2H3. The van der Waals surface area contributed by atoms with Gasteiger partial charge in [-0.1, -0.05) is 6.07 Å². The molecule has 1 aliphatic rings. The number of hydrogen-bond donors (Lipinski definition) is 1. The molecule has 8 heteroatoms. The van der Waals surface area contributed by atoms with Crippen molar-refractivity contribution in [2.24, 2.45) is 0 Å². The molecule has 0 aliphatic carbocycles. The van der Waals surface area contributed by atoms with Gasteiger partial charge in [0.1, 0.15) is 18.1 Å². The molecule has 0 bridgehead atoms. The van der Waals surface area contributed by atoms with Crippen molar-refractivity contribution >= 4 is 15.8 Å². The lowest BCUT2D eigenvalue weighted by atomic mass is 10.1. The van der Waals surface area contributed by atoms with Crippen molar-refractivity contribution < 1.29 is 32.5 Å². The Morgan fingerprint density at radius 2 is 2.00 bits per heavy atom. The molecule has 0 radical (unpaired) electrons. The quantitative estimate of drug-likeness (QED) is 0.789. The van der Waals surface area contributed by atoms with Gasteiger partial charge in [0, 0.05) is 11.8 Å². The average Bonchev–Trinajstić information content (AvgIpc) is 2.43. The van der Waals surface area contributed by atoms with E-state index >= 15 is 0 Å². The Hall–Kier alpha value is -1.80. The zero-order valence-electron chi connectivity index (χ0n) is 11.0. The number of rotatable bonds is 3. The van der Waals surface area contributed by atoms with E-state index < -0.39 is 21.9 Å². The summed E-state index contributed by atoms with van der Waals surface area (Å²) in [5.74, 6) is -0.678. The minimum absolute atomic E-state index is 0.0132. The van der Waals surface area contributed by atoms with Crippen LogP contribution in [0.1, 0.15) is 11.7 Å². The molecule has 0 amide bonds. The van der Waals surface area contributed by atoms with Crippen molar-refractivity contribution in [2.45, 2.75) is 11.0 Å². The molecule has 7 nitrogen and oxygen atoms in total. The number of hydrogen-bond acceptors (Lipinski definition) is 7. The Kier molecular flexibility index (Phi) is 3.87. The second-order valence-corrected chi connectivity index (χ2v) is 6.16. The number of fused-ring (bicyclic) bond motifs is 1. The highest BCUT2D eigenvalue weighted by Gasteiger charge is 2.31. The molecule has 1 aliphatic heterocycles. The SMILES string of the molecule is COC(=O)C(O)c1ccc2c(c1S(C)(=O)=O)OCCO2. The number of aliphatic hydroxyl groups excluding tert-OH is 1. The van der Waals surface area contributed by atoms with E-state index in [0.29, 0.717) is 6.61 Å². The highest BCUT2D eigenvalue weighted by Crippen LogP contribution is 2.41. The summed E-state index contributed by atoms with van der Waals surface area (Å²) >= 11 is 0. The summed E-state index contributed by atoms with van der Waals surface area (Å²) in [6, 6.07) is 2.76. The number of ether oxygens (including phenoxy) is 3. The molecule has 1 aromatic carbocycles. The first-order chi connectivity index (χ1) is 9.36. The average molecular weight is 302 g/mol. The molecule has 0 aromatic heterocycles. The largest absolute Gasteiger partial charge is 0.486 e. The van der Waals surface area contributed by atoms with Gasteiger partial charge in [0.05, 0.1) is 7.11 Å². The first-order valence-corrected chi connectivity index (χ1v) is 7.64.